The average Bonchev–Trinajstić information content (AvgIpc) is 3.33. The first-order chi connectivity index (χ1) is 12.3. The van der Waals surface area contributed by atoms with Gasteiger partial charge in [-0.25, -0.2) is 0 Å². The molecule has 6 nitrogen and oxygen atoms in total. The summed E-state index contributed by atoms with van der Waals surface area (Å²) in [6.45, 7) is 3.07. The fourth-order valence-corrected chi connectivity index (χ4v) is 4.12. The van der Waals surface area contributed by atoms with Crippen molar-refractivity contribution in [2.45, 2.75) is 57.0 Å². The average molecular weight is 338 g/mol. The Balaban J connectivity index is 1.20. The SMILES string of the molecule is CN(Cc1cn[nH]c1C1CC1)C1CN(c2cc3c(nn2)CCCC3)C1. The highest BCUT2D eigenvalue weighted by Crippen LogP contribution is 2.40. The van der Waals surface area contributed by atoms with Crippen molar-refractivity contribution in [2.24, 2.45) is 0 Å². The normalized spacial score (nSPS) is 20.6. The number of likely N-dealkylation sites (N-methyl/N-ethyl adjacent to an activating group) is 1. The minimum absolute atomic E-state index is 0.583. The Hall–Kier alpha value is -1.95. The molecule has 2 aliphatic carbocycles. The molecule has 1 N–H and O–H groups in total. The highest BCUT2D eigenvalue weighted by atomic mass is 15.4. The van der Waals surface area contributed by atoms with Gasteiger partial charge in [0.05, 0.1) is 11.9 Å². The van der Waals surface area contributed by atoms with Gasteiger partial charge in [0.2, 0.25) is 0 Å². The highest BCUT2D eigenvalue weighted by molar-refractivity contribution is 5.45. The van der Waals surface area contributed by atoms with Gasteiger partial charge in [-0.2, -0.15) is 10.2 Å². The van der Waals surface area contributed by atoms with E-state index >= 15 is 0 Å². The molecule has 6 heteroatoms. The molecule has 132 valence electrons. The first kappa shape index (κ1) is 15.3. The zero-order chi connectivity index (χ0) is 16.8. The lowest BCUT2D eigenvalue weighted by Gasteiger charge is -2.44. The molecule has 1 aliphatic heterocycles. The van der Waals surface area contributed by atoms with Crippen LogP contribution in [0.4, 0.5) is 5.82 Å². The van der Waals surface area contributed by atoms with Gasteiger partial charge in [0.25, 0.3) is 0 Å². The third kappa shape index (κ3) is 2.92. The van der Waals surface area contributed by atoms with Gasteiger partial charge >= 0.3 is 0 Å². The fourth-order valence-electron chi connectivity index (χ4n) is 4.12. The van der Waals surface area contributed by atoms with E-state index in [9.17, 15) is 0 Å². The van der Waals surface area contributed by atoms with Gasteiger partial charge in [-0.15, -0.1) is 5.10 Å². The highest BCUT2D eigenvalue weighted by Gasteiger charge is 2.33. The van der Waals surface area contributed by atoms with Crippen molar-refractivity contribution >= 4 is 5.82 Å². The van der Waals surface area contributed by atoms with E-state index in [0.717, 1.165) is 37.8 Å². The number of aromatic nitrogens is 4. The van der Waals surface area contributed by atoms with Gasteiger partial charge in [0, 0.05) is 42.9 Å². The lowest BCUT2D eigenvalue weighted by Crippen LogP contribution is -2.58. The van der Waals surface area contributed by atoms with Crippen LogP contribution in [-0.4, -0.2) is 51.5 Å². The predicted octanol–water partition coefficient (Wildman–Crippen LogP) is 2.28. The van der Waals surface area contributed by atoms with Crippen molar-refractivity contribution in [3.05, 3.63) is 34.8 Å². The molecule has 5 rings (SSSR count). The quantitative estimate of drug-likeness (QED) is 0.906. The monoisotopic (exact) mass is 338 g/mol. The van der Waals surface area contributed by atoms with Gasteiger partial charge in [-0.3, -0.25) is 10.00 Å². The van der Waals surface area contributed by atoms with Crippen molar-refractivity contribution in [3.63, 3.8) is 0 Å². The largest absolute Gasteiger partial charge is 0.352 e. The maximum absolute atomic E-state index is 4.47. The molecule has 2 aromatic rings. The second-order valence-corrected chi connectivity index (χ2v) is 7.94. The molecule has 0 spiro atoms. The summed E-state index contributed by atoms with van der Waals surface area (Å²) in [5.74, 6) is 1.79. The van der Waals surface area contributed by atoms with Crippen molar-refractivity contribution in [2.75, 3.05) is 25.0 Å². The molecule has 3 aliphatic rings. The van der Waals surface area contributed by atoms with Crippen LogP contribution in [0.25, 0.3) is 0 Å². The molecule has 0 unspecified atom stereocenters. The molecule has 0 radical (unpaired) electrons. The first-order valence-corrected chi connectivity index (χ1v) is 9.61. The van der Waals surface area contributed by atoms with Gasteiger partial charge in [0.15, 0.2) is 5.82 Å². The molecule has 25 heavy (non-hydrogen) atoms. The summed E-state index contributed by atoms with van der Waals surface area (Å²) in [6.07, 6.45) is 9.45. The summed E-state index contributed by atoms with van der Waals surface area (Å²) in [7, 11) is 2.23. The van der Waals surface area contributed by atoms with Crippen LogP contribution in [0.3, 0.4) is 0 Å². The summed E-state index contributed by atoms with van der Waals surface area (Å²) >= 11 is 0. The van der Waals surface area contributed by atoms with Gasteiger partial charge in [0.1, 0.15) is 0 Å². The Kier molecular flexibility index (Phi) is 3.73. The number of anilines is 1. The number of nitrogens with zero attached hydrogens (tertiary/aromatic N) is 5. The molecule has 0 aromatic carbocycles. The summed E-state index contributed by atoms with van der Waals surface area (Å²) in [5.41, 5.74) is 5.37. The predicted molar refractivity (Wildman–Crippen MR) is 96.7 cm³/mol. The molecule has 3 heterocycles. The third-order valence-corrected chi connectivity index (χ3v) is 6.02. The van der Waals surface area contributed by atoms with Gasteiger partial charge < -0.3 is 4.90 Å². The number of hydrogen-bond donors (Lipinski definition) is 1. The number of nitrogens with one attached hydrogen (secondary N) is 1. The second-order valence-electron chi connectivity index (χ2n) is 7.94. The van der Waals surface area contributed by atoms with Crippen molar-refractivity contribution in [1.29, 1.82) is 0 Å². The Morgan fingerprint density at radius 2 is 2.04 bits per heavy atom. The van der Waals surface area contributed by atoms with E-state index in [1.807, 2.05) is 6.20 Å². The van der Waals surface area contributed by atoms with Gasteiger partial charge in [-0.05, 0) is 57.2 Å². The number of aromatic amines is 1. The summed E-state index contributed by atoms with van der Waals surface area (Å²) < 4.78 is 0. The second kappa shape index (κ2) is 6.09. The molecule has 0 amide bonds. The van der Waals surface area contributed by atoms with E-state index in [1.54, 1.807) is 0 Å². The van der Waals surface area contributed by atoms with E-state index in [0.29, 0.717) is 6.04 Å². The number of rotatable bonds is 5. The van der Waals surface area contributed by atoms with E-state index < -0.39 is 0 Å². The molecular weight excluding hydrogens is 312 g/mol. The molecule has 2 fully saturated rings. The van der Waals surface area contributed by atoms with E-state index in [2.05, 4.69) is 43.3 Å². The fraction of sp³-hybridized carbons (Fsp3) is 0.632. The standard InChI is InChI=1S/C19H26N6/c1-24(10-15-9-20-23-19(15)13-6-7-13)16-11-25(12-16)18-8-14-4-2-3-5-17(14)21-22-18/h8-9,13,16H,2-7,10-12H2,1H3,(H,20,23). The van der Waals surface area contributed by atoms with Crippen molar-refractivity contribution in [3.8, 4) is 0 Å². The molecule has 0 atom stereocenters. The Morgan fingerprint density at radius 3 is 2.88 bits per heavy atom. The van der Waals surface area contributed by atoms with Crippen LogP contribution >= 0.6 is 0 Å². The number of aryl methyl sites for hydroxylation is 2. The zero-order valence-corrected chi connectivity index (χ0v) is 14.9. The molecule has 2 aromatic heterocycles. The topological polar surface area (TPSA) is 60.9 Å². The van der Waals surface area contributed by atoms with Crippen molar-refractivity contribution in [1.82, 2.24) is 25.3 Å². The summed E-state index contributed by atoms with van der Waals surface area (Å²) in [4.78, 5) is 4.82. The minimum Gasteiger partial charge on any atom is -0.352 e. The number of H-pyrrole nitrogens is 1. The van der Waals surface area contributed by atoms with Crippen LogP contribution in [-0.2, 0) is 19.4 Å². The third-order valence-electron chi connectivity index (χ3n) is 6.02. The molecule has 1 saturated heterocycles. The van der Waals surface area contributed by atoms with E-state index in [1.165, 1.54) is 54.6 Å². The Bertz CT molecular complexity index is 759. The Labute approximate surface area is 148 Å². The molecule has 1 saturated carbocycles. The molecule has 0 bridgehead atoms. The van der Waals surface area contributed by atoms with Crippen LogP contribution in [0.15, 0.2) is 12.3 Å². The minimum atomic E-state index is 0.583. The van der Waals surface area contributed by atoms with Crippen LogP contribution < -0.4 is 4.90 Å². The van der Waals surface area contributed by atoms with Crippen LogP contribution in [0.5, 0.6) is 0 Å². The zero-order valence-electron chi connectivity index (χ0n) is 14.9. The van der Waals surface area contributed by atoms with E-state index in [-0.39, 0.29) is 0 Å². The van der Waals surface area contributed by atoms with E-state index in [4.69, 9.17) is 0 Å². The maximum atomic E-state index is 4.47. The van der Waals surface area contributed by atoms with Crippen LogP contribution in [0.1, 0.15) is 54.1 Å². The van der Waals surface area contributed by atoms with Crippen molar-refractivity contribution < 1.29 is 0 Å². The van der Waals surface area contributed by atoms with Crippen LogP contribution in [0.2, 0.25) is 0 Å². The lowest BCUT2D eigenvalue weighted by molar-refractivity contribution is 0.196. The summed E-state index contributed by atoms with van der Waals surface area (Å²) in [5, 5.41) is 16.4. The van der Waals surface area contributed by atoms with Gasteiger partial charge in [-0.1, -0.05) is 0 Å². The first-order valence-electron chi connectivity index (χ1n) is 9.61. The Morgan fingerprint density at radius 1 is 1.20 bits per heavy atom. The smallest absolute Gasteiger partial charge is 0.151 e. The maximum Gasteiger partial charge on any atom is 0.151 e. The van der Waals surface area contributed by atoms with Crippen LogP contribution in [0, 0.1) is 0 Å². The number of hydrogen-bond acceptors (Lipinski definition) is 5. The number of fused-ring (bicyclic) bond motifs is 1. The molecular formula is C19H26N6. The lowest BCUT2D eigenvalue weighted by atomic mass is 9.96. The summed E-state index contributed by atoms with van der Waals surface area (Å²) in [6, 6.07) is 2.86.